The standard InChI is InChI=1S/C25H23N5O2S/c1-17-11-13-19(14-12-17)24-28-29-25(30(24)21-8-4-3-5-9-21)33-16-23(32)27-26-18(2)20-7-6-10-22(31)15-20/h3-15H,16H2,1-2H3,(H2,27,31,32)/p+1/b26-18-. The van der Waals surface area contributed by atoms with Crippen molar-refractivity contribution in [2.45, 2.75) is 19.0 Å². The Balaban J connectivity index is 1.51. The number of aromatic nitrogens is 3. The minimum absolute atomic E-state index is 0.141. The first-order chi connectivity index (χ1) is 16.0. The number of rotatable bonds is 7. The molecule has 1 aromatic heterocycles. The number of carbonyl (C=O) groups excluding carboxylic acids is 1. The molecule has 0 atom stereocenters. The number of phenols is 1. The number of amides is 1. The number of aromatic amines is 1. The van der Waals surface area contributed by atoms with Crippen LogP contribution in [0.15, 0.2) is 89.1 Å². The van der Waals surface area contributed by atoms with Crippen LogP contribution in [-0.4, -0.2) is 32.7 Å². The molecular formula is C25H24N5O2S+. The van der Waals surface area contributed by atoms with Gasteiger partial charge in [0.05, 0.1) is 22.1 Å². The summed E-state index contributed by atoms with van der Waals surface area (Å²) in [4.78, 5) is 12.4. The van der Waals surface area contributed by atoms with Gasteiger partial charge >= 0.3 is 5.16 Å². The Hall–Kier alpha value is -3.91. The predicted molar refractivity (Wildman–Crippen MR) is 129 cm³/mol. The first-order valence-corrected chi connectivity index (χ1v) is 11.4. The maximum Gasteiger partial charge on any atom is 0.342 e. The molecule has 0 radical (unpaired) electrons. The van der Waals surface area contributed by atoms with Crippen LogP contribution in [0.2, 0.25) is 0 Å². The summed E-state index contributed by atoms with van der Waals surface area (Å²) in [5.74, 6) is 0.875. The molecule has 33 heavy (non-hydrogen) atoms. The van der Waals surface area contributed by atoms with E-state index in [0.717, 1.165) is 22.6 Å². The van der Waals surface area contributed by atoms with E-state index in [1.54, 1.807) is 25.1 Å². The lowest BCUT2D eigenvalue weighted by molar-refractivity contribution is -0.625. The van der Waals surface area contributed by atoms with Crippen LogP contribution in [0.4, 0.5) is 0 Å². The number of para-hydroxylation sites is 1. The maximum absolute atomic E-state index is 12.4. The van der Waals surface area contributed by atoms with E-state index in [0.29, 0.717) is 10.9 Å². The highest BCUT2D eigenvalue weighted by atomic mass is 32.2. The number of benzene rings is 3. The Morgan fingerprint density at radius 3 is 2.58 bits per heavy atom. The first kappa shape index (κ1) is 22.3. The largest absolute Gasteiger partial charge is 0.508 e. The Labute approximate surface area is 196 Å². The molecule has 0 aliphatic heterocycles. The number of hydrogen-bond acceptors (Lipinski definition) is 5. The van der Waals surface area contributed by atoms with Crippen molar-refractivity contribution in [1.29, 1.82) is 0 Å². The van der Waals surface area contributed by atoms with Crippen LogP contribution in [0.25, 0.3) is 17.1 Å². The average molecular weight is 459 g/mol. The van der Waals surface area contributed by atoms with Gasteiger partial charge < -0.3 is 5.11 Å². The molecule has 1 amide bonds. The van der Waals surface area contributed by atoms with E-state index in [1.165, 1.54) is 17.3 Å². The minimum atomic E-state index is -0.251. The molecule has 1 heterocycles. The minimum Gasteiger partial charge on any atom is -0.508 e. The van der Waals surface area contributed by atoms with Crippen molar-refractivity contribution in [2.75, 3.05) is 5.75 Å². The van der Waals surface area contributed by atoms with Crippen molar-refractivity contribution in [3.63, 3.8) is 0 Å². The summed E-state index contributed by atoms with van der Waals surface area (Å²) < 4.78 is 2.00. The topological polar surface area (TPSA) is 94.2 Å². The number of hydrogen-bond donors (Lipinski definition) is 3. The molecular weight excluding hydrogens is 434 g/mol. The first-order valence-electron chi connectivity index (χ1n) is 10.4. The fourth-order valence-corrected chi connectivity index (χ4v) is 3.98. The lowest BCUT2D eigenvalue weighted by Crippen LogP contribution is -2.34. The molecule has 0 aliphatic carbocycles. The zero-order chi connectivity index (χ0) is 23.2. The van der Waals surface area contributed by atoms with E-state index >= 15 is 0 Å². The molecule has 7 nitrogen and oxygen atoms in total. The molecule has 0 fully saturated rings. The second kappa shape index (κ2) is 10.1. The summed E-state index contributed by atoms with van der Waals surface area (Å²) in [6.45, 7) is 3.82. The van der Waals surface area contributed by atoms with Crippen LogP contribution in [0.1, 0.15) is 18.1 Å². The fraction of sp³-hybridized carbons (Fsp3) is 0.120. The average Bonchev–Trinajstić information content (AvgIpc) is 3.26. The second-order valence-corrected chi connectivity index (χ2v) is 8.41. The zero-order valence-electron chi connectivity index (χ0n) is 18.3. The van der Waals surface area contributed by atoms with E-state index in [2.05, 4.69) is 32.9 Å². The van der Waals surface area contributed by atoms with Gasteiger partial charge in [-0.1, -0.05) is 48.0 Å². The molecule has 0 aliphatic rings. The van der Waals surface area contributed by atoms with Gasteiger partial charge in [-0.25, -0.2) is 5.43 Å². The number of nitrogens with one attached hydrogen (secondary N) is 2. The van der Waals surface area contributed by atoms with Crippen LogP contribution in [0.3, 0.4) is 0 Å². The van der Waals surface area contributed by atoms with E-state index in [-0.39, 0.29) is 17.4 Å². The number of carbonyl (C=O) groups is 1. The second-order valence-electron chi connectivity index (χ2n) is 7.46. The van der Waals surface area contributed by atoms with Crippen molar-refractivity contribution >= 4 is 23.4 Å². The van der Waals surface area contributed by atoms with Gasteiger partial charge in [-0.2, -0.15) is 9.67 Å². The third kappa shape index (κ3) is 5.48. The van der Waals surface area contributed by atoms with Crippen molar-refractivity contribution in [3.05, 3.63) is 90.0 Å². The van der Waals surface area contributed by atoms with Crippen LogP contribution >= 0.6 is 11.8 Å². The lowest BCUT2D eigenvalue weighted by Gasteiger charge is -2.05. The molecule has 166 valence electrons. The number of hydrazone groups is 1. The molecule has 0 unspecified atom stereocenters. The maximum atomic E-state index is 12.4. The van der Waals surface area contributed by atoms with Crippen molar-refractivity contribution in [1.82, 2.24) is 15.6 Å². The quantitative estimate of drug-likeness (QED) is 0.169. The molecule has 3 N–H and O–H groups in total. The highest BCUT2D eigenvalue weighted by Gasteiger charge is 2.24. The van der Waals surface area contributed by atoms with Crippen LogP contribution < -0.4 is 9.99 Å². The third-order valence-electron chi connectivity index (χ3n) is 4.96. The number of aryl methyl sites for hydroxylation is 1. The monoisotopic (exact) mass is 458 g/mol. The molecule has 0 saturated heterocycles. The van der Waals surface area contributed by atoms with Gasteiger partial charge in [0.2, 0.25) is 0 Å². The molecule has 0 spiro atoms. The predicted octanol–water partition coefficient (Wildman–Crippen LogP) is 4.00. The number of aromatic hydroxyl groups is 1. The summed E-state index contributed by atoms with van der Waals surface area (Å²) in [5.41, 5.74) is 7.04. The van der Waals surface area contributed by atoms with Crippen LogP contribution in [0, 0.1) is 6.92 Å². The summed E-state index contributed by atoms with van der Waals surface area (Å²) in [7, 11) is 0. The van der Waals surface area contributed by atoms with Gasteiger partial charge in [0, 0.05) is 5.56 Å². The number of thioether (sulfide) groups is 1. The van der Waals surface area contributed by atoms with E-state index in [1.807, 2.05) is 60.0 Å². The molecule has 4 rings (SSSR count). The van der Waals surface area contributed by atoms with Crippen molar-refractivity contribution in [3.8, 4) is 22.8 Å². The highest BCUT2D eigenvalue weighted by molar-refractivity contribution is 7.99. The molecule has 0 bridgehead atoms. The fourth-order valence-electron chi connectivity index (χ4n) is 3.22. The summed E-state index contributed by atoms with van der Waals surface area (Å²) >= 11 is 1.32. The molecule has 4 aromatic rings. The number of phenolic OH excluding ortho intramolecular Hbond substituents is 1. The number of H-pyrrole nitrogens is 1. The van der Waals surface area contributed by atoms with Gasteiger partial charge in [-0.05, 0) is 62.0 Å². The van der Waals surface area contributed by atoms with Crippen molar-refractivity contribution < 1.29 is 14.5 Å². The third-order valence-corrected chi connectivity index (χ3v) is 5.89. The summed E-state index contributed by atoms with van der Waals surface area (Å²) in [6, 6.07) is 24.8. The smallest absolute Gasteiger partial charge is 0.342 e. The van der Waals surface area contributed by atoms with Gasteiger partial charge in [-0.15, -0.1) is 5.10 Å². The van der Waals surface area contributed by atoms with E-state index in [4.69, 9.17) is 0 Å². The Morgan fingerprint density at radius 2 is 1.85 bits per heavy atom. The van der Waals surface area contributed by atoms with Gasteiger partial charge in [0.25, 0.3) is 11.7 Å². The van der Waals surface area contributed by atoms with Gasteiger partial charge in [0.15, 0.2) is 0 Å². The Kier molecular flexibility index (Phi) is 6.85. The van der Waals surface area contributed by atoms with E-state index < -0.39 is 0 Å². The number of nitrogens with zero attached hydrogens (tertiary/aromatic N) is 3. The summed E-state index contributed by atoms with van der Waals surface area (Å²) in [5, 5.41) is 22.0. The zero-order valence-corrected chi connectivity index (χ0v) is 19.1. The highest BCUT2D eigenvalue weighted by Crippen LogP contribution is 2.21. The van der Waals surface area contributed by atoms with Crippen molar-refractivity contribution in [2.24, 2.45) is 5.10 Å². The van der Waals surface area contributed by atoms with Crippen LogP contribution in [0.5, 0.6) is 5.75 Å². The van der Waals surface area contributed by atoms with Gasteiger partial charge in [-0.3, -0.25) is 4.79 Å². The summed E-state index contributed by atoms with van der Waals surface area (Å²) in [6.07, 6.45) is 0. The molecule has 0 saturated carbocycles. The SMILES string of the molecule is C/C(=N/NC(=O)CSc1n[nH]c(-c2ccc(C)cc2)[n+]1-c1ccccc1)c1cccc(O)c1. The Bertz CT molecular complexity index is 1280. The van der Waals surface area contributed by atoms with E-state index in [9.17, 15) is 9.90 Å². The lowest BCUT2D eigenvalue weighted by atomic mass is 10.1. The Morgan fingerprint density at radius 1 is 1.09 bits per heavy atom. The van der Waals surface area contributed by atoms with Crippen LogP contribution in [-0.2, 0) is 4.79 Å². The molecule has 3 aromatic carbocycles. The normalized spacial score (nSPS) is 11.4. The van der Waals surface area contributed by atoms with Gasteiger partial charge in [0.1, 0.15) is 11.4 Å². The molecule has 8 heteroatoms.